The molecule has 0 aliphatic carbocycles. The van der Waals surface area contributed by atoms with Crippen LogP contribution in [0.3, 0.4) is 0 Å². The molecule has 1 atom stereocenters. The Kier molecular flexibility index (Phi) is 5.77. The van der Waals surface area contributed by atoms with E-state index in [1.807, 2.05) is 12.1 Å². The summed E-state index contributed by atoms with van der Waals surface area (Å²) in [6.07, 6.45) is -2.00. The summed E-state index contributed by atoms with van der Waals surface area (Å²) in [7, 11) is 0. The molecule has 5 rings (SSSR count). The van der Waals surface area contributed by atoms with E-state index in [-0.39, 0.29) is 0 Å². The van der Waals surface area contributed by atoms with E-state index < -0.39 is 11.7 Å². The SMILES string of the molecule is FC(F)(F)c1cccc(N2CCN([C@@H]3CCCN(Cc4ccc5nonc5c4)C3)CC2)c1. The van der Waals surface area contributed by atoms with Crippen LogP contribution in [0.5, 0.6) is 0 Å². The van der Waals surface area contributed by atoms with Crippen LogP contribution in [-0.4, -0.2) is 65.4 Å². The zero-order valence-corrected chi connectivity index (χ0v) is 17.8. The van der Waals surface area contributed by atoms with Gasteiger partial charge in [-0.1, -0.05) is 12.1 Å². The lowest BCUT2D eigenvalue weighted by Gasteiger charge is -2.44. The number of nitrogens with zero attached hydrogens (tertiary/aromatic N) is 5. The molecule has 0 bridgehead atoms. The zero-order valence-electron chi connectivity index (χ0n) is 17.8. The summed E-state index contributed by atoms with van der Waals surface area (Å²) < 4.78 is 43.9. The van der Waals surface area contributed by atoms with Crippen LogP contribution >= 0.6 is 0 Å². The van der Waals surface area contributed by atoms with Gasteiger partial charge in [-0.05, 0) is 65.6 Å². The van der Waals surface area contributed by atoms with Crippen molar-refractivity contribution in [3.63, 3.8) is 0 Å². The van der Waals surface area contributed by atoms with Crippen LogP contribution in [0.4, 0.5) is 18.9 Å². The lowest BCUT2D eigenvalue weighted by atomic mass is 10.0. The molecule has 0 saturated carbocycles. The number of rotatable bonds is 4. The van der Waals surface area contributed by atoms with Crippen LogP contribution in [0.25, 0.3) is 11.0 Å². The van der Waals surface area contributed by atoms with Crippen molar-refractivity contribution in [3.05, 3.63) is 53.6 Å². The third kappa shape index (κ3) is 4.59. The molecule has 0 radical (unpaired) electrons. The van der Waals surface area contributed by atoms with Crippen LogP contribution in [0, 0.1) is 0 Å². The Hall–Kier alpha value is -2.65. The second-order valence-corrected chi connectivity index (χ2v) is 8.69. The van der Waals surface area contributed by atoms with Crippen LogP contribution in [0.15, 0.2) is 47.1 Å². The van der Waals surface area contributed by atoms with E-state index in [0.717, 1.165) is 75.8 Å². The summed E-state index contributed by atoms with van der Waals surface area (Å²) in [6.45, 7) is 6.15. The van der Waals surface area contributed by atoms with E-state index in [4.69, 9.17) is 4.63 Å². The van der Waals surface area contributed by atoms with Crippen molar-refractivity contribution in [3.8, 4) is 0 Å². The molecule has 0 amide bonds. The maximum Gasteiger partial charge on any atom is 0.416 e. The molecule has 2 saturated heterocycles. The highest BCUT2D eigenvalue weighted by molar-refractivity contribution is 5.73. The van der Waals surface area contributed by atoms with E-state index in [1.165, 1.54) is 17.7 Å². The van der Waals surface area contributed by atoms with Crippen molar-refractivity contribution < 1.29 is 17.8 Å². The average Bonchev–Trinajstić information content (AvgIpc) is 3.27. The fourth-order valence-electron chi connectivity index (χ4n) is 4.88. The fraction of sp³-hybridized carbons (Fsp3) is 0.478. The zero-order chi connectivity index (χ0) is 22.1. The van der Waals surface area contributed by atoms with Crippen molar-refractivity contribution in [2.75, 3.05) is 44.2 Å². The second kappa shape index (κ2) is 8.71. The standard InChI is InChI=1S/C23H26F3N5O/c24-23(25,26)18-3-1-4-19(14-18)30-9-11-31(12-10-30)20-5-2-8-29(16-20)15-17-6-7-21-22(13-17)28-32-27-21/h1,3-4,6-7,13-14,20H,2,5,8-12,15-16H2/t20-/m1/s1. The number of alkyl halides is 3. The average molecular weight is 445 g/mol. The number of likely N-dealkylation sites (tertiary alicyclic amines) is 1. The molecule has 9 heteroatoms. The molecule has 2 aromatic carbocycles. The van der Waals surface area contributed by atoms with Crippen LogP contribution in [-0.2, 0) is 12.7 Å². The Morgan fingerprint density at radius 1 is 0.938 bits per heavy atom. The van der Waals surface area contributed by atoms with Crippen LogP contribution < -0.4 is 4.90 Å². The normalized spacial score (nSPS) is 21.3. The number of piperidine rings is 1. The Morgan fingerprint density at radius 2 is 1.75 bits per heavy atom. The Bertz CT molecular complexity index is 1060. The molecule has 170 valence electrons. The van der Waals surface area contributed by atoms with Crippen molar-refractivity contribution in [1.29, 1.82) is 0 Å². The minimum atomic E-state index is -4.31. The lowest BCUT2D eigenvalue weighted by molar-refractivity contribution is -0.137. The van der Waals surface area contributed by atoms with Gasteiger partial charge < -0.3 is 4.90 Å². The molecule has 2 aliphatic heterocycles. The van der Waals surface area contributed by atoms with Gasteiger partial charge in [0, 0.05) is 51.0 Å². The highest BCUT2D eigenvalue weighted by atomic mass is 19.4. The predicted octanol–water partition coefficient (Wildman–Crippen LogP) is 4.03. The third-order valence-electron chi connectivity index (χ3n) is 6.57. The molecule has 2 fully saturated rings. The largest absolute Gasteiger partial charge is 0.416 e. The van der Waals surface area contributed by atoms with Gasteiger partial charge in [0.15, 0.2) is 0 Å². The summed E-state index contributed by atoms with van der Waals surface area (Å²) in [5.74, 6) is 0. The van der Waals surface area contributed by atoms with E-state index in [9.17, 15) is 13.2 Å². The molecule has 6 nitrogen and oxygen atoms in total. The minimum absolute atomic E-state index is 0.477. The highest BCUT2D eigenvalue weighted by Crippen LogP contribution is 2.32. The smallest absolute Gasteiger partial charge is 0.369 e. The molecule has 3 aromatic rings. The number of halogens is 3. The Balaban J connectivity index is 1.17. The van der Waals surface area contributed by atoms with Gasteiger partial charge in [-0.15, -0.1) is 0 Å². The van der Waals surface area contributed by atoms with E-state index >= 15 is 0 Å². The van der Waals surface area contributed by atoms with Gasteiger partial charge in [-0.3, -0.25) is 9.80 Å². The van der Waals surface area contributed by atoms with Crippen LogP contribution in [0.1, 0.15) is 24.0 Å². The first-order valence-electron chi connectivity index (χ1n) is 11.1. The molecule has 32 heavy (non-hydrogen) atoms. The molecule has 0 N–H and O–H groups in total. The quantitative estimate of drug-likeness (QED) is 0.605. The van der Waals surface area contributed by atoms with E-state index in [0.29, 0.717) is 11.7 Å². The minimum Gasteiger partial charge on any atom is -0.369 e. The monoisotopic (exact) mass is 445 g/mol. The molecule has 2 aliphatic rings. The number of hydrogen-bond acceptors (Lipinski definition) is 6. The second-order valence-electron chi connectivity index (χ2n) is 8.69. The number of fused-ring (bicyclic) bond motifs is 1. The van der Waals surface area contributed by atoms with Crippen molar-refractivity contribution in [2.24, 2.45) is 0 Å². The highest BCUT2D eigenvalue weighted by Gasteiger charge is 2.32. The number of hydrogen-bond donors (Lipinski definition) is 0. The van der Waals surface area contributed by atoms with Crippen molar-refractivity contribution in [2.45, 2.75) is 31.6 Å². The van der Waals surface area contributed by atoms with Gasteiger partial charge in [0.25, 0.3) is 0 Å². The maximum absolute atomic E-state index is 13.1. The first kappa shape index (κ1) is 21.2. The molecular formula is C23H26F3N5O. The van der Waals surface area contributed by atoms with E-state index in [1.54, 1.807) is 6.07 Å². The first-order valence-corrected chi connectivity index (χ1v) is 11.1. The maximum atomic E-state index is 13.1. The van der Waals surface area contributed by atoms with Gasteiger partial charge in [0.1, 0.15) is 11.0 Å². The molecule has 3 heterocycles. The van der Waals surface area contributed by atoms with Crippen molar-refractivity contribution >= 4 is 16.7 Å². The molecule has 0 spiro atoms. The van der Waals surface area contributed by atoms with Gasteiger partial charge in [0.05, 0.1) is 5.56 Å². The summed E-state index contributed by atoms with van der Waals surface area (Å²) >= 11 is 0. The van der Waals surface area contributed by atoms with Gasteiger partial charge in [-0.2, -0.15) is 13.2 Å². The summed E-state index contributed by atoms with van der Waals surface area (Å²) in [6, 6.07) is 12.2. The topological polar surface area (TPSA) is 48.6 Å². The first-order chi connectivity index (χ1) is 15.5. The molecular weight excluding hydrogens is 419 g/mol. The molecule has 0 unspecified atom stereocenters. The van der Waals surface area contributed by atoms with Gasteiger partial charge >= 0.3 is 6.18 Å². The number of piperazine rings is 1. The third-order valence-corrected chi connectivity index (χ3v) is 6.57. The lowest BCUT2D eigenvalue weighted by Crippen LogP contribution is -2.55. The van der Waals surface area contributed by atoms with Gasteiger partial charge in [-0.25, -0.2) is 4.63 Å². The van der Waals surface area contributed by atoms with Gasteiger partial charge in [0.2, 0.25) is 0 Å². The fourth-order valence-corrected chi connectivity index (χ4v) is 4.88. The van der Waals surface area contributed by atoms with Crippen LogP contribution in [0.2, 0.25) is 0 Å². The molecule has 1 aromatic heterocycles. The number of benzene rings is 2. The Morgan fingerprint density at radius 3 is 2.56 bits per heavy atom. The van der Waals surface area contributed by atoms with E-state index in [2.05, 4.69) is 31.1 Å². The number of anilines is 1. The number of aromatic nitrogens is 2. The predicted molar refractivity (Wildman–Crippen MR) is 115 cm³/mol. The summed E-state index contributed by atoms with van der Waals surface area (Å²) in [5, 5.41) is 7.79. The summed E-state index contributed by atoms with van der Waals surface area (Å²) in [5.41, 5.74) is 2.82. The summed E-state index contributed by atoms with van der Waals surface area (Å²) in [4.78, 5) is 7.04. The van der Waals surface area contributed by atoms with Crippen molar-refractivity contribution in [1.82, 2.24) is 20.1 Å². The Labute approximate surface area is 184 Å².